The number of rotatable bonds is 5. The Morgan fingerprint density at radius 2 is 2.12 bits per heavy atom. The van der Waals surface area contributed by atoms with Crippen molar-refractivity contribution in [2.75, 3.05) is 33.3 Å². The fourth-order valence-corrected chi connectivity index (χ4v) is 2.17. The number of methoxy groups -OCH3 is 1. The van der Waals surface area contributed by atoms with E-state index in [1.807, 2.05) is 4.90 Å². The molecule has 1 unspecified atom stereocenters. The number of carbonyl (C=O) groups excluding carboxylic acids is 2. The van der Waals surface area contributed by atoms with Gasteiger partial charge in [0.05, 0.1) is 19.6 Å². The molecule has 0 aromatic rings. The Morgan fingerprint density at radius 1 is 1.35 bits per heavy atom. The maximum Gasteiger partial charge on any atom is 0.310 e. The van der Waals surface area contributed by atoms with Crippen LogP contribution in [0.1, 0.15) is 19.3 Å². The van der Waals surface area contributed by atoms with Crippen molar-refractivity contribution in [1.29, 1.82) is 0 Å². The summed E-state index contributed by atoms with van der Waals surface area (Å²) in [5.74, 6) is 0.560. The molecule has 0 aromatic heterocycles. The van der Waals surface area contributed by atoms with Crippen molar-refractivity contribution >= 4 is 11.9 Å². The lowest BCUT2D eigenvalue weighted by atomic mass is 10.1. The van der Waals surface area contributed by atoms with Crippen molar-refractivity contribution in [1.82, 2.24) is 10.2 Å². The largest absolute Gasteiger partial charge is 0.469 e. The van der Waals surface area contributed by atoms with Crippen molar-refractivity contribution < 1.29 is 14.3 Å². The van der Waals surface area contributed by atoms with Gasteiger partial charge in [-0.05, 0) is 31.7 Å². The van der Waals surface area contributed by atoms with Gasteiger partial charge in [-0.15, -0.1) is 0 Å². The summed E-state index contributed by atoms with van der Waals surface area (Å²) in [6.07, 6.45) is 3.28. The van der Waals surface area contributed by atoms with Crippen LogP contribution in [0.2, 0.25) is 0 Å². The molecule has 0 spiro atoms. The molecule has 5 nitrogen and oxygen atoms in total. The molecule has 0 radical (unpaired) electrons. The van der Waals surface area contributed by atoms with Gasteiger partial charge < -0.3 is 10.1 Å². The minimum absolute atomic E-state index is 0.0590. The molecule has 1 aliphatic heterocycles. The van der Waals surface area contributed by atoms with Gasteiger partial charge in [0.2, 0.25) is 5.91 Å². The van der Waals surface area contributed by atoms with Crippen LogP contribution in [0.5, 0.6) is 0 Å². The van der Waals surface area contributed by atoms with E-state index in [4.69, 9.17) is 4.74 Å². The lowest BCUT2D eigenvalue weighted by Crippen LogP contribution is -2.37. The Hall–Kier alpha value is -1.10. The van der Waals surface area contributed by atoms with Crippen LogP contribution in [-0.2, 0) is 14.3 Å². The van der Waals surface area contributed by atoms with Gasteiger partial charge in [0, 0.05) is 13.1 Å². The average Bonchev–Trinajstić information content (AvgIpc) is 3.05. The third kappa shape index (κ3) is 3.70. The Labute approximate surface area is 101 Å². The molecule has 1 saturated heterocycles. The smallest absolute Gasteiger partial charge is 0.310 e. The molecule has 0 aromatic carbocycles. The highest BCUT2D eigenvalue weighted by atomic mass is 16.5. The fourth-order valence-electron chi connectivity index (χ4n) is 2.17. The zero-order chi connectivity index (χ0) is 12.3. The van der Waals surface area contributed by atoms with Crippen molar-refractivity contribution in [2.24, 2.45) is 11.8 Å². The van der Waals surface area contributed by atoms with E-state index >= 15 is 0 Å². The second kappa shape index (κ2) is 5.49. The third-order valence-corrected chi connectivity index (χ3v) is 3.46. The molecule has 1 amide bonds. The van der Waals surface area contributed by atoms with Crippen LogP contribution in [0.3, 0.4) is 0 Å². The molecule has 2 fully saturated rings. The molecule has 96 valence electrons. The second-order valence-electron chi connectivity index (χ2n) is 4.99. The van der Waals surface area contributed by atoms with E-state index in [0.717, 1.165) is 19.5 Å². The summed E-state index contributed by atoms with van der Waals surface area (Å²) in [6.45, 7) is 2.66. The SMILES string of the molecule is COC(=O)C1CCN(CC(=O)NCC2CC2)C1. The molecule has 1 N–H and O–H groups in total. The lowest BCUT2D eigenvalue weighted by molar-refractivity contribution is -0.145. The van der Waals surface area contributed by atoms with Gasteiger partial charge in [0.1, 0.15) is 0 Å². The van der Waals surface area contributed by atoms with Gasteiger partial charge in [-0.2, -0.15) is 0 Å². The van der Waals surface area contributed by atoms with Gasteiger partial charge in [-0.25, -0.2) is 0 Å². The zero-order valence-electron chi connectivity index (χ0n) is 10.3. The Balaban J connectivity index is 1.65. The van der Waals surface area contributed by atoms with Crippen LogP contribution in [0.15, 0.2) is 0 Å². The molecule has 1 heterocycles. The third-order valence-electron chi connectivity index (χ3n) is 3.46. The maximum atomic E-state index is 11.6. The molecule has 2 rings (SSSR count). The van der Waals surface area contributed by atoms with Gasteiger partial charge in [0.25, 0.3) is 0 Å². The predicted molar refractivity (Wildman–Crippen MR) is 62.3 cm³/mol. The first kappa shape index (κ1) is 12.4. The molecular weight excluding hydrogens is 220 g/mol. The maximum absolute atomic E-state index is 11.6. The normalized spacial score (nSPS) is 24.6. The topological polar surface area (TPSA) is 58.6 Å². The number of nitrogens with zero attached hydrogens (tertiary/aromatic N) is 1. The van der Waals surface area contributed by atoms with Crippen LogP contribution >= 0.6 is 0 Å². The Bertz CT molecular complexity index is 302. The molecule has 1 aliphatic carbocycles. The van der Waals surface area contributed by atoms with E-state index in [9.17, 15) is 9.59 Å². The highest BCUT2D eigenvalue weighted by Crippen LogP contribution is 2.27. The van der Waals surface area contributed by atoms with E-state index < -0.39 is 0 Å². The first-order valence-corrected chi connectivity index (χ1v) is 6.26. The molecule has 2 aliphatic rings. The van der Waals surface area contributed by atoms with E-state index in [-0.39, 0.29) is 17.8 Å². The lowest BCUT2D eigenvalue weighted by Gasteiger charge is -2.14. The number of hydrogen-bond acceptors (Lipinski definition) is 4. The van der Waals surface area contributed by atoms with Crippen molar-refractivity contribution in [3.63, 3.8) is 0 Å². The van der Waals surface area contributed by atoms with Crippen molar-refractivity contribution in [3.8, 4) is 0 Å². The van der Waals surface area contributed by atoms with E-state index in [1.54, 1.807) is 0 Å². The van der Waals surface area contributed by atoms with E-state index in [2.05, 4.69) is 5.32 Å². The second-order valence-corrected chi connectivity index (χ2v) is 4.99. The molecular formula is C12H20N2O3. The molecule has 0 bridgehead atoms. The monoisotopic (exact) mass is 240 g/mol. The Morgan fingerprint density at radius 3 is 2.76 bits per heavy atom. The first-order valence-electron chi connectivity index (χ1n) is 6.26. The number of likely N-dealkylation sites (tertiary alicyclic amines) is 1. The van der Waals surface area contributed by atoms with Gasteiger partial charge >= 0.3 is 5.97 Å². The number of hydrogen-bond donors (Lipinski definition) is 1. The van der Waals surface area contributed by atoms with E-state index in [1.165, 1.54) is 20.0 Å². The van der Waals surface area contributed by atoms with E-state index in [0.29, 0.717) is 19.0 Å². The summed E-state index contributed by atoms with van der Waals surface area (Å²) < 4.78 is 4.71. The number of carbonyl (C=O) groups is 2. The van der Waals surface area contributed by atoms with Crippen LogP contribution in [-0.4, -0.2) is 50.1 Å². The summed E-state index contributed by atoms with van der Waals surface area (Å²) in [6, 6.07) is 0. The molecule has 1 saturated carbocycles. The first-order chi connectivity index (χ1) is 8.19. The average molecular weight is 240 g/mol. The summed E-state index contributed by atoms with van der Waals surface area (Å²) in [4.78, 5) is 24.9. The van der Waals surface area contributed by atoms with Crippen LogP contribution < -0.4 is 5.32 Å². The van der Waals surface area contributed by atoms with Gasteiger partial charge in [0.15, 0.2) is 0 Å². The summed E-state index contributed by atoms with van der Waals surface area (Å²) in [5, 5.41) is 2.93. The molecule has 5 heteroatoms. The quantitative estimate of drug-likeness (QED) is 0.688. The Kier molecular flexibility index (Phi) is 3.99. The van der Waals surface area contributed by atoms with Crippen LogP contribution in [0.4, 0.5) is 0 Å². The number of ether oxygens (including phenoxy) is 1. The number of amides is 1. The fraction of sp³-hybridized carbons (Fsp3) is 0.833. The number of esters is 1. The highest BCUT2D eigenvalue weighted by molar-refractivity contribution is 5.78. The number of nitrogens with one attached hydrogen (secondary N) is 1. The van der Waals surface area contributed by atoms with Crippen LogP contribution in [0, 0.1) is 11.8 Å². The highest BCUT2D eigenvalue weighted by Gasteiger charge is 2.30. The van der Waals surface area contributed by atoms with Gasteiger partial charge in [-0.3, -0.25) is 14.5 Å². The van der Waals surface area contributed by atoms with Crippen molar-refractivity contribution in [3.05, 3.63) is 0 Å². The van der Waals surface area contributed by atoms with Crippen molar-refractivity contribution in [2.45, 2.75) is 19.3 Å². The standard InChI is InChI=1S/C12H20N2O3/c1-17-12(16)10-4-5-14(7-10)8-11(15)13-6-9-2-3-9/h9-10H,2-8H2,1H3,(H,13,15). The molecule has 17 heavy (non-hydrogen) atoms. The zero-order valence-corrected chi connectivity index (χ0v) is 10.3. The minimum atomic E-state index is -0.161. The van der Waals surface area contributed by atoms with Crippen LogP contribution in [0.25, 0.3) is 0 Å². The summed E-state index contributed by atoms with van der Waals surface area (Å²) >= 11 is 0. The van der Waals surface area contributed by atoms with Gasteiger partial charge in [-0.1, -0.05) is 0 Å². The summed E-state index contributed by atoms with van der Waals surface area (Å²) in [7, 11) is 1.41. The predicted octanol–water partition coefficient (Wildman–Crippen LogP) is 0.00750. The minimum Gasteiger partial charge on any atom is -0.469 e. The summed E-state index contributed by atoms with van der Waals surface area (Å²) in [5.41, 5.74) is 0. The molecule has 1 atom stereocenters.